The molecule has 8 nitrogen and oxygen atoms in total. The van der Waals surface area contributed by atoms with E-state index in [0.717, 1.165) is 11.1 Å². The molecule has 1 amide bonds. The topological polar surface area (TPSA) is 106 Å². The number of carbonyl (C=O) groups is 1. The van der Waals surface area contributed by atoms with Crippen molar-refractivity contribution in [1.82, 2.24) is 4.98 Å². The second-order valence-electron chi connectivity index (χ2n) is 8.17. The average molecular weight is 474 g/mol. The molecule has 0 aliphatic rings. The van der Waals surface area contributed by atoms with E-state index in [1.54, 1.807) is 51.6 Å². The number of anilines is 1. The van der Waals surface area contributed by atoms with Crippen LogP contribution in [0.3, 0.4) is 0 Å². The van der Waals surface area contributed by atoms with Crippen LogP contribution in [-0.2, 0) is 6.61 Å². The fraction of sp³-hybridized carbons (Fsp3) is 0.222. The number of rotatable bonds is 6. The van der Waals surface area contributed by atoms with E-state index in [-0.39, 0.29) is 17.7 Å². The third kappa shape index (κ3) is 5.02. The zero-order valence-corrected chi connectivity index (χ0v) is 20.3. The van der Waals surface area contributed by atoms with Gasteiger partial charge in [0.2, 0.25) is 5.55 Å². The summed E-state index contributed by atoms with van der Waals surface area (Å²) in [5.74, 6) is 0.696. The lowest BCUT2D eigenvalue weighted by Crippen LogP contribution is -2.22. The number of aryl methyl sites for hydroxylation is 3. The summed E-state index contributed by atoms with van der Waals surface area (Å²) in [6.07, 6.45) is 1.57. The summed E-state index contributed by atoms with van der Waals surface area (Å²) in [7, 11) is 3.10. The first-order valence-corrected chi connectivity index (χ1v) is 11.0. The van der Waals surface area contributed by atoms with E-state index in [1.807, 2.05) is 32.0 Å². The van der Waals surface area contributed by atoms with Gasteiger partial charge < -0.3 is 24.3 Å². The van der Waals surface area contributed by atoms with E-state index >= 15 is 0 Å². The number of nitrogens with one attached hydrogen (secondary N) is 1. The van der Waals surface area contributed by atoms with Crippen LogP contribution in [-0.4, -0.2) is 30.2 Å². The fourth-order valence-electron chi connectivity index (χ4n) is 3.65. The van der Waals surface area contributed by atoms with Gasteiger partial charge in [-0.1, -0.05) is 6.07 Å². The molecule has 0 saturated carbocycles. The van der Waals surface area contributed by atoms with E-state index in [1.165, 1.54) is 0 Å². The molecule has 0 bridgehead atoms. The molecule has 0 fully saturated rings. The quantitative estimate of drug-likeness (QED) is 0.419. The van der Waals surface area contributed by atoms with E-state index in [9.17, 15) is 9.90 Å². The van der Waals surface area contributed by atoms with Crippen LogP contribution in [0.5, 0.6) is 11.5 Å². The van der Waals surface area contributed by atoms with Crippen molar-refractivity contribution in [3.8, 4) is 11.5 Å². The number of hydrogen-bond donors (Lipinski definition) is 2. The van der Waals surface area contributed by atoms with Crippen LogP contribution >= 0.6 is 0 Å². The summed E-state index contributed by atoms with van der Waals surface area (Å²) < 4.78 is 16.8. The maximum Gasteiger partial charge on any atom is 0.261 e. The first kappa shape index (κ1) is 24.0. The minimum absolute atomic E-state index is 0.0918. The third-order valence-electron chi connectivity index (χ3n) is 5.80. The van der Waals surface area contributed by atoms with E-state index in [4.69, 9.17) is 13.9 Å². The van der Waals surface area contributed by atoms with Crippen LogP contribution in [0.2, 0.25) is 0 Å². The molecule has 8 heteroatoms. The molecule has 2 aromatic heterocycles. The number of aliphatic hydroxyl groups excluding tert-OH is 1. The van der Waals surface area contributed by atoms with Gasteiger partial charge in [0.1, 0.15) is 17.1 Å². The number of benzene rings is 2. The van der Waals surface area contributed by atoms with Crippen molar-refractivity contribution in [2.45, 2.75) is 27.4 Å². The molecule has 0 unspecified atom stereocenters. The minimum Gasteiger partial charge on any atom is -0.497 e. The van der Waals surface area contributed by atoms with E-state index in [0.29, 0.717) is 45.1 Å². The second kappa shape index (κ2) is 9.99. The highest BCUT2D eigenvalue weighted by Crippen LogP contribution is 2.28. The Labute approximate surface area is 202 Å². The molecule has 0 aliphatic heterocycles. The fourth-order valence-corrected chi connectivity index (χ4v) is 3.65. The van der Waals surface area contributed by atoms with Gasteiger partial charge in [-0.3, -0.25) is 9.78 Å². The Kier molecular flexibility index (Phi) is 6.84. The average Bonchev–Trinajstić information content (AvgIpc) is 2.86. The smallest absolute Gasteiger partial charge is 0.261 e. The highest BCUT2D eigenvalue weighted by Gasteiger charge is 2.17. The van der Waals surface area contributed by atoms with Crippen molar-refractivity contribution in [3.63, 3.8) is 0 Å². The second-order valence-corrected chi connectivity index (χ2v) is 8.17. The van der Waals surface area contributed by atoms with Gasteiger partial charge in [0.15, 0.2) is 5.58 Å². The number of pyridine rings is 1. The summed E-state index contributed by atoms with van der Waals surface area (Å²) >= 11 is 0. The number of amides is 1. The maximum absolute atomic E-state index is 13.4. The van der Waals surface area contributed by atoms with Crippen molar-refractivity contribution in [2.75, 3.05) is 19.5 Å². The Morgan fingerprint density at radius 1 is 1.03 bits per heavy atom. The molecule has 180 valence electrons. The monoisotopic (exact) mass is 473 g/mol. The predicted molar refractivity (Wildman–Crippen MR) is 133 cm³/mol. The molecule has 0 aliphatic carbocycles. The molecule has 2 aromatic carbocycles. The zero-order valence-electron chi connectivity index (χ0n) is 20.3. The zero-order chi connectivity index (χ0) is 25.1. The molecule has 4 rings (SSSR count). The van der Waals surface area contributed by atoms with Crippen LogP contribution in [0.25, 0.3) is 11.0 Å². The maximum atomic E-state index is 13.4. The van der Waals surface area contributed by atoms with Crippen molar-refractivity contribution in [1.29, 1.82) is 0 Å². The van der Waals surface area contributed by atoms with Crippen LogP contribution in [0, 0.1) is 20.8 Å². The van der Waals surface area contributed by atoms with Crippen LogP contribution in [0.15, 0.2) is 58.1 Å². The summed E-state index contributed by atoms with van der Waals surface area (Å²) in [5, 5.41) is 13.4. The number of ether oxygens (including phenoxy) is 2. The van der Waals surface area contributed by atoms with Gasteiger partial charge in [-0.25, -0.2) is 4.99 Å². The first-order valence-electron chi connectivity index (χ1n) is 11.0. The molecule has 4 aromatic rings. The molecule has 35 heavy (non-hydrogen) atoms. The Balaban J connectivity index is 1.93. The van der Waals surface area contributed by atoms with E-state index < -0.39 is 5.91 Å². The van der Waals surface area contributed by atoms with E-state index in [2.05, 4.69) is 15.3 Å². The Morgan fingerprint density at radius 2 is 1.74 bits per heavy atom. The number of fused-ring (bicyclic) bond motifs is 1. The lowest BCUT2D eigenvalue weighted by molar-refractivity contribution is 0.102. The van der Waals surface area contributed by atoms with Crippen LogP contribution in [0.4, 0.5) is 11.4 Å². The summed E-state index contributed by atoms with van der Waals surface area (Å²) in [6, 6.07) is 12.5. The molecule has 0 spiro atoms. The van der Waals surface area contributed by atoms with Crippen molar-refractivity contribution in [2.24, 2.45) is 4.99 Å². The van der Waals surface area contributed by atoms with Gasteiger partial charge in [-0.05, 0) is 50.1 Å². The Morgan fingerprint density at radius 3 is 2.37 bits per heavy atom. The van der Waals surface area contributed by atoms with Gasteiger partial charge in [0, 0.05) is 41.0 Å². The predicted octanol–water partition coefficient (Wildman–Crippen LogP) is 4.75. The highest BCUT2D eigenvalue weighted by atomic mass is 16.5. The Hall–Kier alpha value is -4.17. The SMILES string of the molecule is COc1cc(N=c2oc3c(C)ncc(CO)c3cc2C(=O)Nc2ccc(C)c(C)c2)cc(OC)c1. The minimum atomic E-state index is -0.397. The molecule has 0 saturated heterocycles. The van der Waals surface area contributed by atoms with Gasteiger partial charge in [-0.2, -0.15) is 0 Å². The standard InChI is InChI=1S/C27H27N3O5/c1-15-6-7-19(8-16(15)2)29-26(32)24-12-23-18(14-31)13-28-17(3)25(23)35-27(24)30-20-9-21(33-4)11-22(10-20)34-5/h6-13,31H,14H2,1-5H3,(H,29,32). The lowest BCUT2D eigenvalue weighted by atomic mass is 10.1. The van der Waals surface area contributed by atoms with Crippen molar-refractivity contribution >= 4 is 28.3 Å². The lowest BCUT2D eigenvalue weighted by Gasteiger charge is -2.11. The summed E-state index contributed by atoms with van der Waals surface area (Å²) in [4.78, 5) is 22.4. The molecule has 2 heterocycles. The van der Waals surface area contributed by atoms with Crippen LogP contribution < -0.4 is 20.3 Å². The third-order valence-corrected chi connectivity index (χ3v) is 5.80. The van der Waals surface area contributed by atoms with Crippen molar-refractivity contribution < 1.29 is 23.8 Å². The number of carbonyl (C=O) groups excluding carboxylic acids is 1. The van der Waals surface area contributed by atoms with Crippen LogP contribution in [0.1, 0.15) is 32.7 Å². The number of hydrogen-bond acceptors (Lipinski definition) is 7. The molecular weight excluding hydrogens is 446 g/mol. The number of nitrogens with zero attached hydrogens (tertiary/aromatic N) is 2. The molecule has 0 atom stereocenters. The molecular formula is C27H27N3O5. The summed E-state index contributed by atoms with van der Waals surface area (Å²) in [5.41, 5.74) is 5.21. The summed E-state index contributed by atoms with van der Waals surface area (Å²) in [6.45, 7) is 5.53. The Bertz CT molecular complexity index is 1470. The largest absolute Gasteiger partial charge is 0.497 e. The highest BCUT2D eigenvalue weighted by molar-refractivity contribution is 6.05. The van der Waals surface area contributed by atoms with Crippen molar-refractivity contribution in [3.05, 3.63) is 82.2 Å². The normalized spacial score (nSPS) is 11.5. The van der Waals surface area contributed by atoms with Gasteiger partial charge >= 0.3 is 0 Å². The molecule has 2 N–H and O–H groups in total. The first-order chi connectivity index (χ1) is 16.8. The van der Waals surface area contributed by atoms with Gasteiger partial charge in [0.05, 0.1) is 32.2 Å². The van der Waals surface area contributed by atoms with Gasteiger partial charge in [0.25, 0.3) is 5.91 Å². The number of aromatic nitrogens is 1. The number of aliphatic hydroxyl groups is 1. The number of methoxy groups -OCH3 is 2. The molecule has 0 radical (unpaired) electrons. The van der Waals surface area contributed by atoms with Gasteiger partial charge in [-0.15, -0.1) is 0 Å².